The second-order valence-corrected chi connectivity index (χ2v) is 6.11. The molecule has 1 aromatic rings. The number of nitrogens with one attached hydrogen (secondary N) is 1. The van der Waals surface area contributed by atoms with Crippen molar-refractivity contribution in [2.75, 3.05) is 17.3 Å². The Balaban J connectivity index is 2.58. The third-order valence-electron chi connectivity index (χ3n) is 1.38. The van der Waals surface area contributed by atoms with Gasteiger partial charge in [-0.15, -0.1) is 0 Å². The minimum absolute atomic E-state index is 0.0425. The molecule has 0 aliphatic rings. The molecular weight excluding hydrogens is 246 g/mol. The molecular formula is C6H10ClN3O2S2. The third kappa shape index (κ3) is 3.77. The fraction of sp³-hybridized carbons (Fsp3) is 0.667. The molecule has 1 atom stereocenters. The monoisotopic (exact) mass is 255 g/mol. The average Bonchev–Trinajstić information content (AvgIpc) is 2.32. The van der Waals surface area contributed by atoms with Crippen molar-refractivity contribution in [3.8, 4) is 0 Å². The van der Waals surface area contributed by atoms with E-state index in [0.29, 0.717) is 5.82 Å². The first-order valence-corrected chi connectivity index (χ1v) is 6.97. The van der Waals surface area contributed by atoms with Crippen LogP contribution in [-0.2, 0) is 9.84 Å². The van der Waals surface area contributed by atoms with Crippen LogP contribution in [0.5, 0.6) is 0 Å². The molecule has 0 saturated carbocycles. The molecule has 0 saturated heterocycles. The van der Waals surface area contributed by atoms with Gasteiger partial charge in [0.1, 0.15) is 9.84 Å². The van der Waals surface area contributed by atoms with Gasteiger partial charge in [-0.1, -0.05) is 11.6 Å². The lowest BCUT2D eigenvalue weighted by Gasteiger charge is -2.11. The topological polar surface area (TPSA) is 72.0 Å². The fourth-order valence-electron chi connectivity index (χ4n) is 0.993. The van der Waals surface area contributed by atoms with E-state index in [4.69, 9.17) is 11.6 Å². The molecule has 0 amide bonds. The van der Waals surface area contributed by atoms with E-state index in [9.17, 15) is 8.42 Å². The third-order valence-corrected chi connectivity index (χ3v) is 3.38. The summed E-state index contributed by atoms with van der Waals surface area (Å²) in [4.78, 5) is 0. The lowest BCUT2D eigenvalue weighted by atomic mass is 10.4. The van der Waals surface area contributed by atoms with E-state index in [-0.39, 0.29) is 16.9 Å². The van der Waals surface area contributed by atoms with E-state index >= 15 is 0 Å². The van der Waals surface area contributed by atoms with Gasteiger partial charge in [-0.25, -0.2) is 8.42 Å². The number of halogens is 1. The van der Waals surface area contributed by atoms with Crippen molar-refractivity contribution in [3.05, 3.63) is 5.15 Å². The van der Waals surface area contributed by atoms with E-state index < -0.39 is 9.84 Å². The summed E-state index contributed by atoms with van der Waals surface area (Å²) in [5.41, 5.74) is 0. The average molecular weight is 256 g/mol. The lowest BCUT2D eigenvalue weighted by molar-refractivity contribution is 0.598. The molecule has 1 unspecified atom stereocenters. The fourth-order valence-corrected chi connectivity index (χ4v) is 2.64. The largest absolute Gasteiger partial charge is 0.363 e. The van der Waals surface area contributed by atoms with Crippen LogP contribution in [0, 0.1) is 0 Å². The summed E-state index contributed by atoms with van der Waals surface area (Å²) in [5, 5.41) is 3.15. The maximum absolute atomic E-state index is 10.9. The van der Waals surface area contributed by atoms with E-state index in [1.807, 2.05) is 0 Å². The van der Waals surface area contributed by atoms with Crippen LogP contribution >= 0.6 is 23.3 Å². The van der Waals surface area contributed by atoms with Crippen molar-refractivity contribution in [3.63, 3.8) is 0 Å². The van der Waals surface area contributed by atoms with Crippen molar-refractivity contribution in [1.82, 2.24) is 8.75 Å². The Morgan fingerprint density at radius 2 is 2.21 bits per heavy atom. The van der Waals surface area contributed by atoms with Crippen LogP contribution < -0.4 is 5.32 Å². The van der Waals surface area contributed by atoms with Gasteiger partial charge >= 0.3 is 0 Å². The van der Waals surface area contributed by atoms with Gasteiger partial charge in [0.05, 0.1) is 17.5 Å². The van der Waals surface area contributed by atoms with E-state index in [1.165, 1.54) is 6.26 Å². The molecule has 1 aromatic heterocycles. The molecule has 8 heteroatoms. The summed E-state index contributed by atoms with van der Waals surface area (Å²) in [6.07, 6.45) is 1.19. The number of hydrogen-bond acceptors (Lipinski definition) is 6. The van der Waals surface area contributed by atoms with Crippen LogP contribution in [0.2, 0.25) is 5.15 Å². The van der Waals surface area contributed by atoms with Gasteiger partial charge in [-0.05, 0) is 6.92 Å². The number of aromatic nitrogens is 2. The maximum atomic E-state index is 10.9. The Morgan fingerprint density at radius 3 is 2.64 bits per heavy atom. The first kappa shape index (κ1) is 11.7. The van der Waals surface area contributed by atoms with Crippen LogP contribution in [0.4, 0.5) is 5.82 Å². The Labute approximate surface area is 91.7 Å². The molecule has 5 nitrogen and oxygen atoms in total. The minimum atomic E-state index is -2.99. The van der Waals surface area contributed by atoms with Crippen LogP contribution in [0.3, 0.4) is 0 Å². The van der Waals surface area contributed by atoms with Crippen molar-refractivity contribution in [2.24, 2.45) is 0 Å². The van der Waals surface area contributed by atoms with Crippen LogP contribution in [0.1, 0.15) is 6.92 Å². The SMILES string of the molecule is CC(CS(C)(=O)=O)Nc1nsnc1Cl. The van der Waals surface area contributed by atoms with Crippen LogP contribution in [0.15, 0.2) is 0 Å². The van der Waals surface area contributed by atoms with Crippen molar-refractivity contribution in [1.29, 1.82) is 0 Å². The zero-order valence-electron chi connectivity index (χ0n) is 7.69. The van der Waals surface area contributed by atoms with Crippen LogP contribution in [-0.4, -0.2) is 35.2 Å². The van der Waals surface area contributed by atoms with E-state index in [1.54, 1.807) is 6.92 Å². The molecule has 0 fully saturated rings. The molecule has 80 valence electrons. The predicted octanol–water partition coefficient (Wildman–Crippen LogP) is 1.04. The summed E-state index contributed by atoms with van der Waals surface area (Å²) >= 11 is 6.66. The molecule has 1 N–H and O–H groups in total. The second-order valence-electron chi connectivity index (χ2n) is 3.04. The minimum Gasteiger partial charge on any atom is -0.363 e. The molecule has 1 rings (SSSR count). The Bertz CT molecular complexity index is 403. The normalized spacial score (nSPS) is 13.9. The first-order chi connectivity index (χ1) is 6.38. The number of anilines is 1. The van der Waals surface area contributed by atoms with E-state index in [0.717, 1.165) is 11.7 Å². The van der Waals surface area contributed by atoms with Gasteiger partial charge in [-0.3, -0.25) is 0 Å². The highest BCUT2D eigenvalue weighted by Gasteiger charge is 2.13. The maximum Gasteiger partial charge on any atom is 0.186 e. The van der Waals surface area contributed by atoms with Gasteiger partial charge in [0.2, 0.25) is 0 Å². The standard InChI is InChI=1S/C6H10ClN3O2S2/c1-4(3-14(2,11)12)8-6-5(7)9-13-10-6/h4H,3H2,1-2H3,(H,8,10). The highest BCUT2D eigenvalue weighted by atomic mass is 35.5. The van der Waals surface area contributed by atoms with Crippen molar-refractivity contribution >= 4 is 39.0 Å². The number of nitrogens with zero attached hydrogens (tertiary/aromatic N) is 2. The van der Waals surface area contributed by atoms with Gasteiger partial charge in [-0.2, -0.15) is 8.75 Å². The Morgan fingerprint density at radius 1 is 1.57 bits per heavy atom. The summed E-state index contributed by atoms with van der Waals surface area (Å²) in [7, 11) is -2.99. The molecule has 0 spiro atoms. The van der Waals surface area contributed by atoms with Gasteiger partial charge in [0.25, 0.3) is 0 Å². The molecule has 0 aliphatic carbocycles. The summed E-state index contributed by atoms with van der Waals surface area (Å²) < 4.78 is 29.5. The van der Waals surface area contributed by atoms with Gasteiger partial charge < -0.3 is 5.32 Å². The smallest absolute Gasteiger partial charge is 0.186 e. The quantitative estimate of drug-likeness (QED) is 0.870. The predicted molar refractivity (Wildman–Crippen MR) is 57.7 cm³/mol. The Kier molecular flexibility index (Phi) is 3.68. The van der Waals surface area contributed by atoms with Crippen molar-refractivity contribution in [2.45, 2.75) is 13.0 Å². The van der Waals surface area contributed by atoms with Gasteiger partial charge in [0, 0.05) is 12.3 Å². The zero-order valence-corrected chi connectivity index (χ0v) is 10.1. The van der Waals surface area contributed by atoms with Crippen molar-refractivity contribution < 1.29 is 8.42 Å². The number of rotatable bonds is 4. The first-order valence-electron chi connectivity index (χ1n) is 3.81. The van der Waals surface area contributed by atoms with Gasteiger partial charge in [0.15, 0.2) is 11.0 Å². The lowest BCUT2D eigenvalue weighted by Crippen LogP contribution is -2.25. The summed E-state index contributed by atoms with van der Waals surface area (Å²) in [5.74, 6) is 0.480. The van der Waals surface area contributed by atoms with E-state index in [2.05, 4.69) is 14.1 Å². The van der Waals surface area contributed by atoms with Crippen LogP contribution in [0.25, 0.3) is 0 Å². The number of hydrogen-bond donors (Lipinski definition) is 1. The molecule has 0 radical (unpaired) electrons. The molecule has 1 heterocycles. The number of sulfone groups is 1. The Hall–Kier alpha value is -0.400. The zero-order chi connectivity index (χ0) is 10.8. The summed E-state index contributed by atoms with van der Waals surface area (Å²) in [6, 6.07) is -0.230. The second kappa shape index (κ2) is 4.41. The highest BCUT2D eigenvalue weighted by Crippen LogP contribution is 2.18. The molecule has 0 aliphatic heterocycles. The highest BCUT2D eigenvalue weighted by molar-refractivity contribution is 7.90. The molecule has 14 heavy (non-hydrogen) atoms. The summed E-state index contributed by atoms with van der Waals surface area (Å²) in [6.45, 7) is 1.75. The molecule has 0 bridgehead atoms. The molecule has 0 aromatic carbocycles.